The van der Waals surface area contributed by atoms with Gasteiger partial charge in [-0.2, -0.15) is 18.3 Å². The van der Waals surface area contributed by atoms with Crippen molar-refractivity contribution in [2.45, 2.75) is 6.18 Å². The molecular weight excluding hydrogens is 397 g/mol. The highest BCUT2D eigenvalue weighted by Gasteiger charge is 2.34. The van der Waals surface area contributed by atoms with E-state index in [2.05, 4.69) is 15.4 Å². The zero-order chi connectivity index (χ0) is 21.5. The number of para-hydroxylation sites is 1. The summed E-state index contributed by atoms with van der Waals surface area (Å²) in [5.41, 5.74) is 1.03. The van der Waals surface area contributed by atoms with Crippen LogP contribution in [0, 0.1) is 0 Å². The van der Waals surface area contributed by atoms with Crippen molar-refractivity contribution in [3.63, 3.8) is 0 Å². The number of carbonyl (C=O) groups is 1. The van der Waals surface area contributed by atoms with Crippen LogP contribution in [0.1, 0.15) is 16.1 Å². The minimum Gasteiger partial charge on any atom is -0.507 e. The first-order valence-corrected chi connectivity index (χ1v) is 8.83. The third-order valence-corrected chi connectivity index (χ3v) is 4.57. The molecule has 2 N–H and O–H groups in total. The van der Waals surface area contributed by atoms with Gasteiger partial charge >= 0.3 is 6.18 Å². The summed E-state index contributed by atoms with van der Waals surface area (Å²) < 4.78 is 39.3. The second kappa shape index (κ2) is 7.18. The van der Waals surface area contributed by atoms with E-state index in [0.29, 0.717) is 16.6 Å². The van der Waals surface area contributed by atoms with Gasteiger partial charge in [0.15, 0.2) is 5.69 Å². The van der Waals surface area contributed by atoms with Crippen molar-refractivity contribution in [3.8, 4) is 16.9 Å². The van der Waals surface area contributed by atoms with Crippen molar-refractivity contribution in [1.82, 2.24) is 14.8 Å². The van der Waals surface area contributed by atoms with Gasteiger partial charge < -0.3 is 10.4 Å². The van der Waals surface area contributed by atoms with Crippen molar-refractivity contribution in [1.29, 1.82) is 0 Å². The topological polar surface area (TPSA) is 80.0 Å². The van der Waals surface area contributed by atoms with Crippen LogP contribution in [-0.4, -0.2) is 25.8 Å². The molecule has 0 unspecified atom stereocenters. The number of amides is 1. The molecule has 0 fully saturated rings. The number of aryl methyl sites for hydroxylation is 1. The molecular formula is C21H15F3N4O2. The molecule has 152 valence electrons. The predicted octanol–water partition coefficient (Wildman–Crippen LogP) is 4.61. The van der Waals surface area contributed by atoms with E-state index in [-0.39, 0.29) is 17.1 Å². The fraction of sp³-hybridized carbons (Fsp3) is 0.0952. The minimum atomic E-state index is -4.60. The van der Waals surface area contributed by atoms with Gasteiger partial charge in [0, 0.05) is 41.4 Å². The number of fused-ring (bicyclic) bond motifs is 1. The van der Waals surface area contributed by atoms with Gasteiger partial charge in [-0.3, -0.25) is 14.5 Å². The Balaban J connectivity index is 1.61. The number of hydrogen-bond donors (Lipinski definition) is 2. The minimum absolute atomic E-state index is 0.0738. The number of hydrogen-bond acceptors (Lipinski definition) is 4. The summed E-state index contributed by atoms with van der Waals surface area (Å²) in [5, 5.41) is 16.5. The van der Waals surface area contributed by atoms with Crippen LogP contribution < -0.4 is 5.32 Å². The van der Waals surface area contributed by atoms with Crippen LogP contribution in [0.5, 0.6) is 5.75 Å². The lowest BCUT2D eigenvalue weighted by atomic mass is 10.0. The third kappa shape index (κ3) is 3.69. The Morgan fingerprint density at radius 1 is 1.10 bits per heavy atom. The Labute approximate surface area is 168 Å². The second-order valence-electron chi connectivity index (χ2n) is 6.64. The fourth-order valence-corrected chi connectivity index (χ4v) is 3.04. The van der Waals surface area contributed by atoms with Gasteiger partial charge in [-0.1, -0.05) is 24.3 Å². The Morgan fingerprint density at radius 2 is 1.87 bits per heavy atom. The Kier molecular flexibility index (Phi) is 4.65. The van der Waals surface area contributed by atoms with E-state index in [0.717, 1.165) is 16.1 Å². The van der Waals surface area contributed by atoms with Crippen LogP contribution in [0.25, 0.3) is 22.0 Å². The van der Waals surface area contributed by atoms with Crippen molar-refractivity contribution in [3.05, 3.63) is 72.1 Å². The van der Waals surface area contributed by atoms with E-state index >= 15 is 0 Å². The van der Waals surface area contributed by atoms with Gasteiger partial charge in [-0.05, 0) is 24.3 Å². The number of anilines is 1. The number of carbonyl (C=O) groups excluding carboxylic acids is 1. The van der Waals surface area contributed by atoms with Crippen molar-refractivity contribution >= 4 is 22.6 Å². The average Bonchev–Trinajstić information content (AvgIpc) is 3.08. The quantitative estimate of drug-likeness (QED) is 0.515. The molecule has 0 aliphatic rings. The van der Waals surface area contributed by atoms with Crippen LogP contribution in [0.4, 0.5) is 19.0 Å². The lowest BCUT2D eigenvalue weighted by Crippen LogP contribution is -2.14. The number of aromatic nitrogens is 3. The maximum atomic E-state index is 12.8. The largest absolute Gasteiger partial charge is 0.507 e. The third-order valence-electron chi connectivity index (χ3n) is 4.57. The molecule has 0 spiro atoms. The number of phenols is 1. The highest BCUT2D eigenvalue weighted by Crippen LogP contribution is 2.31. The molecule has 4 rings (SSSR count). The molecule has 9 heteroatoms. The summed E-state index contributed by atoms with van der Waals surface area (Å²) in [5.74, 6) is -0.528. The number of phenolic OH excluding ortho intramolecular Hbond substituents is 1. The van der Waals surface area contributed by atoms with Crippen LogP contribution >= 0.6 is 0 Å². The fourth-order valence-electron chi connectivity index (χ4n) is 3.04. The highest BCUT2D eigenvalue weighted by molar-refractivity contribution is 6.06. The van der Waals surface area contributed by atoms with Gasteiger partial charge in [-0.15, -0.1) is 0 Å². The number of halogens is 3. The van der Waals surface area contributed by atoms with Gasteiger partial charge in [0.2, 0.25) is 0 Å². The standard InChI is InChI=1S/C21H15F3N4O2/c1-28-19(10-18(27-28)21(22,23)24)26-20(30)13-7-6-12-8-14(11-25-16(12)9-13)15-4-2-3-5-17(15)29/h2-11,29H,1H3,(H,26,30). The van der Waals surface area contributed by atoms with Crippen molar-refractivity contribution in [2.75, 3.05) is 5.32 Å². The lowest BCUT2D eigenvalue weighted by molar-refractivity contribution is -0.141. The first-order valence-electron chi connectivity index (χ1n) is 8.83. The number of nitrogens with one attached hydrogen (secondary N) is 1. The molecule has 0 radical (unpaired) electrons. The molecule has 0 saturated carbocycles. The summed E-state index contributed by atoms with van der Waals surface area (Å²) in [4.78, 5) is 16.9. The molecule has 0 atom stereocenters. The molecule has 0 aliphatic carbocycles. The van der Waals surface area contributed by atoms with Crippen molar-refractivity contribution < 1.29 is 23.1 Å². The van der Waals surface area contributed by atoms with Crippen LogP contribution in [-0.2, 0) is 13.2 Å². The molecule has 1 amide bonds. The maximum absolute atomic E-state index is 12.8. The van der Waals surface area contributed by atoms with E-state index < -0.39 is 17.8 Å². The first kappa shape index (κ1) is 19.4. The Hall–Kier alpha value is -3.88. The molecule has 2 aromatic heterocycles. The Morgan fingerprint density at radius 3 is 2.57 bits per heavy atom. The number of aromatic hydroxyl groups is 1. The Bertz CT molecular complexity index is 1260. The van der Waals surface area contributed by atoms with Crippen LogP contribution in [0.3, 0.4) is 0 Å². The smallest absolute Gasteiger partial charge is 0.435 e. The van der Waals surface area contributed by atoms with Gasteiger partial charge in [0.05, 0.1) is 5.52 Å². The van der Waals surface area contributed by atoms with Crippen LogP contribution in [0.15, 0.2) is 60.8 Å². The summed E-state index contributed by atoms with van der Waals surface area (Å²) in [7, 11) is 1.31. The van der Waals surface area contributed by atoms with E-state index in [1.54, 1.807) is 48.7 Å². The molecule has 30 heavy (non-hydrogen) atoms. The van der Waals surface area contributed by atoms with Gasteiger partial charge in [-0.25, -0.2) is 0 Å². The van der Waals surface area contributed by atoms with Crippen molar-refractivity contribution in [2.24, 2.45) is 7.05 Å². The summed E-state index contributed by atoms with van der Waals surface area (Å²) in [6, 6.07) is 14.2. The van der Waals surface area contributed by atoms with E-state index in [9.17, 15) is 23.1 Å². The summed E-state index contributed by atoms with van der Waals surface area (Å²) >= 11 is 0. The molecule has 4 aromatic rings. The summed E-state index contributed by atoms with van der Waals surface area (Å²) in [6.45, 7) is 0. The normalized spacial score (nSPS) is 11.6. The predicted molar refractivity (Wildman–Crippen MR) is 105 cm³/mol. The lowest BCUT2D eigenvalue weighted by Gasteiger charge is -2.08. The van der Waals surface area contributed by atoms with Gasteiger partial charge in [0.25, 0.3) is 5.91 Å². The number of rotatable bonds is 3. The van der Waals surface area contributed by atoms with Gasteiger partial charge in [0.1, 0.15) is 11.6 Å². The van der Waals surface area contributed by atoms with Crippen LogP contribution in [0.2, 0.25) is 0 Å². The monoisotopic (exact) mass is 412 g/mol. The number of benzene rings is 2. The second-order valence-corrected chi connectivity index (χ2v) is 6.64. The number of nitrogens with zero attached hydrogens (tertiary/aromatic N) is 3. The van der Waals surface area contributed by atoms with E-state index in [1.165, 1.54) is 7.05 Å². The SMILES string of the molecule is Cn1nc(C(F)(F)F)cc1NC(=O)c1ccc2cc(-c3ccccc3O)cnc2c1. The molecule has 0 bridgehead atoms. The first-order chi connectivity index (χ1) is 14.2. The number of pyridine rings is 1. The summed E-state index contributed by atoms with van der Waals surface area (Å²) in [6.07, 6.45) is -3.02. The molecule has 2 heterocycles. The average molecular weight is 412 g/mol. The zero-order valence-electron chi connectivity index (χ0n) is 15.6. The maximum Gasteiger partial charge on any atom is 0.435 e. The molecule has 0 aliphatic heterocycles. The zero-order valence-corrected chi connectivity index (χ0v) is 15.6. The van der Waals surface area contributed by atoms with E-state index in [4.69, 9.17) is 0 Å². The molecule has 0 saturated heterocycles. The molecule has 2 aromatic carbocycles. The number of alkyl halides is 3. The van der Waals surface area contributed by atoms with E-state index in [1.807, 2.05) is 6.07 Å². The highest BCUT2D eigenvalue weighted by atomic mass is 19.4. The molecule has 6 nitrogen and oxygen atoms in total.